The fraction of sp³-hybridized carbons (Fsp3) is 0.615. The van der Waals surface area contributed by atoms with E-state index in [9.17, 15) is 13.2 Å². The van der Waals surface area contributed by atoms with E-state index in [0.717, 1.165) is 32.0 Å². The zero-order chi connectivity index (χ0) is 15.6. The molecule has 0 radical (unpaired) electrons. The first-order chi connectivity index (χ1) is 9.85. The van der Waals surface area contributed by atoms with Crippen molar-refractivity contribution in [2.75, 3.05) is 19.6 Å². The fourth-order valence-electron chi connectivity index (χ4n) is 2.66. The number of carboxylic acid groups (broad SMARTS) is 1. The van der Waals surface area contributed by atoms with Crippen LogP contribution in [0.25, 0.3) is 0 Å². The standard InChI is InChI=1S/C13H20N2O5S/c1-3-15-6-4-5-10(15)8-14-21(18,19)12-7-11(13(16)17)20-9(12)2/h7,10,14H,3-6,8H2,1-2H3,(H,16,17). The van der Waals surface area contributed by atoms with E-state index in [2.05, 4.69) is 9.62 Å². The van der Waals surface area contributed by atoms with E-state index < -0.39 is 16.0 Å². The van der Waals surface area contributed by atoms with Crippen molar-refractivity contribution in [1.29, 1.82) is 0 Å². The Kier molecular flexibility index (Phi) is 4.70. The fourth-order valence-corrected chi connectivity index (χ4v) is 3.91. The van der Waals surface area contributed by atoms with Gasteiger partial charge in [-0.3, -0.25) is 4.90 Å². The van der Waals surface area contributed by atoms with Crippen LogP contribution in [0, 0.1) is 6.92 Å². The number of carboxylic acids is 1. The van der Waals surface area contributed by atoms with Crippen molar-refractivity contribution in [3.63, 3.8) is 0 Å². The molecular weight excluding hydrogens is 296 g/mol. The Bertz CT molecular complexity index is 623. The molecule has 1 atom stereocenters. The average Bonchev–Trinajstić information content (AvgIpc) is 3.02. The summed E-state index contributed by atoms with van der Waals surface area (Å²) < 4.78 is 32.0. The highest BCUT2D eigenvalue weighted by molar-refractivity contribution is 7.89. The van der Waals surface area contributed by atoms with Gasteiger partial charge < -0.3 is 9.52 Å². The lowest BCUT2D eigenvalue weighted by Gasteiger charge is -2.22. The van der Waals surface area contributed by atoms with Gasteiger partial charge in [-0.05, 0) is 32.9 Å². The summed E-state index contributed by atoms with van der Waals surface area (Å²) in [4.78, 5) is 12.9. The summed E-state index contributed by atoms with van der Waals surface area (Å²) in [5.74, 6) is -1.57. The number of likely N-dealkylation sites (tertiary alicyclic amines) is 1. The number of likely N-dealkylation sites (N-methyl/N-ethyl adjacent to an activating group) is 1. The van der Waals surface area contributed by atoms with Gasteiger partial charge in [0.1, 0.15) is 10.7 Å². The Balaban J connectivity index is 2.10. The van der Waals surface area contributed by atoms with Crippen molar-refractivity contribution in [2.24, 2.45) is 0 Å². The van der Waals surface area contributed by atoms with E-state index in [0.29, 0.717) is 6.54 Å². The number of hydrogen-bond donors (Lipinski definition) is 2. The lowest BCUT2D eigenvalue weighted by atomic mass is 10.2. The summed E-state index contributed by atoms with van der Waals surface area (Å²) in [5, 5.41) is 8.84. The van der Waals surface area contributed by atoms with Gasteiger partial charge in [-0.25, -0.2) is 17.9 Å². The number of aryl methyl sites for hydroxylation is 1. The predicted molar refractivity (Wildman–Crippen MR) is 75.9 cm³/mol. The number of rotatable bonds is 6. The molecule has 1 aliphatic heterocycles. The molecule has 21 heavy (non-hydrogen) atoms. The maximum atomic E-state index is 12.3. The monoisotopic (exact) mass is 316 g/mol. The van der Waals surface area contributed by atoms with E-state index in [4.69, 9.17) is 9.52 Å². The zero-order valence-electron chi connectivity index (χ0n) is 12.1. The van der Waals surface area contributed by atoms with Crippen LogP contribution in [0.2, 0.25) is 0 Å². The highest BCUT2D eigenvalue weighted by Gasteiger charge is 2.27. The summed E-state index contributed by atoms with van der Waals surface area (Å²) in [6.07, 6.45) is 2.02. The van der Waals surface area contributed by atoms with Gasteiger partial charge in [0.2, 0.25) is 15.8 Å². The molecule has 1 aromatic heterocycles. The van der Waals surface area contributed by atoms with Gasteiger partial charge in [0, 0.05) is 18.7 Å². The molecule has 2 heterocycles. The third kappa shape index (κ3) is 3.45. The highest BCUT2D eigenvalue weighted by Crippen LogP contribution is 2.21. The van der Waals surface area contributed by atoms with Crippen LogP contribution < -0.4 is 4.72 Å². The number of aromatic carboxylic acids is 1. The molecule has 2 N–H and O–H groups in total. The number of hydrogen-bond acceptors (Lipinski definition) is 5. The lowest BCUT2D eigenvalue weighted by molar-refractivity contribution is 0.0661. The van der Waals surface area contributed by atoms with Crippen molar-refractivity contribution in [1.82, 2.24) is 9.62 Å². The Hall–Kier alpha value is -1.38. The largest absolute Gasteiger partial charge is 0.475 e. The first-order valence-corrected chi connectivity index (χ1v) is 8.41. The third-order valence-corrected chi connectivity index (χ3v) is 5.32. The summed E-state index contributed by atoms with van der Waals surface area (Å²) in [7, 11) is -3.76. The predicted octanol–water partition coefficient (Wildman–Crippen LogP) is 1.05. The van der Waals surface area contributed by atoms with Crippen molar-refractivity contribution in [3.05, 3.63) is 17.6 Å². The van der Waals surface area contributed by atoms with Crippen LogP contribution >= 0.6 is 0 Å². The van der Waals surface area contributed by atoms with E-state index in [-0.39, 0.29) is 22.5 Å². The van der Waals surface area contributed by atoms with Crippen LogP contribution in [0.3, 0.4) is 0 Å². The van der Waals surface area contributed by atoms with Gasteiger partial charge in [0.05, 0.1) is 0 Å². The molecule has 2 rings (SSSR count). The smallest absolute Gasteiger partial charge is 0.371 e. The Labute approximate surface area is 124 Å². The summed E-state index contributed by atoms with van der Waals surface area (Å²) in [5.41, 5.74) is 0. The molecule has 0 aromatic carbocycles. The minimum atomic E-state index is -3.76. The Morgan fingerprint density at radius 3 is 2.86 bits per heavy atom. The summed E-state index contributed by atoms with van der Waals surface area (Å²) >= 11 is 0. The van der Waals surface area contributed by atoms with Gasteiger partial charge in [-0.2, -0.15) is 0 Å². The van der Waals surface area contributed by atoms with E-state index in [1.807, 2.05) is 6.92 Å². The number of carbonyl (C=O) groups is 1. The van der Waals surface area contributed by atoms with Crippen LogP contribution in [0.5, 0.6) is 0 Å². The van der Waals surface area contributed by atoms with Gasteiger partial charge in [-0.1, -0.05) is 6.92 Å². The molecule has 1 aliphatic rings. The van der Waals surface area contributed by atoms with E-state index in [1.54, 1.807) is 0 Å². The van der Waals surface area contributed by atoms with Gasteiger partial charge in [-0.15, -0.1) is 0 Å². The molecule has 1 unspecified atom stereocenters. The number of furan rings is 1. The average molecular weight is 316 g/mol. The second kappa shape index (κ2) is 6.17. The van der Waals surface area contributed by atoms with Crippen LogP contribution in [-0.2, 0) is 10.0 Å². The number of nitrogens with zero attached hydrogens (tertiary/aromatic N) is 1. The molecule has 8 heteroatoms. The third-order valence-electron chi connectivity index (χ3n) is 3.79. The molecule has 1 saturated heterocycles. The van der Waals surface area contributed by atoms with E-state index >= 15 is 0 Å². The van der Waals surface area contributed by atoms with Crippen LogP contribution in [0.1, 0.15) is 36.1 Å². The normalized spacial score (nSPS) is 20.0. The SMILES string of the molecule is CCN1CCCC1CNS(=O)(=O)c1cc(C(=O)O)oc1C. The summed E-state index contributed by atoms with van der Waals surface area (Å²) in [6, 6.07) is 1.24. The lowest BCUT2D eigenvalue weighted by Crippen LogP contribution is -2.40. The minimum absolute atomic E-state index is 0.0821. The van der Waals surface area contributed by atoms with Crippen LogP contribution in [0.15, 0.2) is 15.4 Å². The van der Waals surface area contributed by atoms with Gasteiger partial charge in [0.15, 0.2) is 0 Å². The second-order valence-corrected chi connectivity index (χ2v) is 6.85. The maximum absolute atomic E-state index is 12.3. The first kappa shape index (κ1) is 16.0. The Morgan fingerprint density at radius 2 is 2.29 bits per heavy atom. The van der Waals surface area contributed by atoms with Crippen molar-refractivity contribution in [3.8, 4) is 0 Å². The van der Waals surface area contributed by atoms with Gasteiger partial charge in [0.25, 0.3) is 0 Å². The molecule has 1 aromatic rings. The van der Waals surface area contributed by atoms with Crippen molar-refractivity contribution in [2.45, 2.75) is 37.6 Å². The number of sulfonamides is 1. The number of nitrogens with one attached hydrogen (secondary N) is 1. The highest BCUT2D eigenvalue weighted by atomic mass is 32.2. The molecule has 7 nitrogen and oxygen atoms in total. The van der Waals surface area contributed by atoms with Crippen molar-refractivity contribution < 1.29 is 22.7 Å². The Morgan fingerprint density at radius 1 is 1.57 bits per heavy atom. The molecule has 0 amide bonds. The molecule has 118 valence electrons. The van der Waals surface area contributed by atoms with Crippen molar-refractivity contribution >= 4 is 16.0 Å². The minimum Gasteiger partial charge on any atom is -0.475 e. The van der Waals surface area contributed by atoms with Gasteiger partial charge >= 0.3 is 5.97 Å². The molecule has 0 aliphatic carbocycles. The molecule has 0 spiro atoms. The second-order valence-electron chi connectivity index (χ2n) is 5.11. The molecule has 0 bridgehead atoms. The van der Waals surface area contributed by atoms with E-state index in [1.165, 1.54) is 6.92 Å². The summed E-state index contributed by atoms with van der Waals surface area (Å²) in [6.45, 7) is 5.68. The maximum Gasteiger partial charge on any atom is 0.371 e. The quantitative estimate of drug-likeness (QED) is 0.813. The van der Waals surface area contributed by atoms with Crippen LogP contribution in [-0.4, -0.2) is 50.1 Å². The van der Waals surface area contributed by atoms with Crippen LogP contribution in [0.4, 0.5) is 0 Å². The first-order valence-electron chi connectivity index (χ1n) is 6.92. The molecule has 1 fully saturated rings. The zero-order valence-corrected chi connectivity index (χ0v) is 12.9. The molecule has 0 saturated carbocycles. The molecular formula is C13H20N2O5S. The topological polar surface area (TPSA) is 99.9 Å².